The quantitative estimate of drug-likeness (QED) is 0.772. The Morgan fingerprint density at radius 1 is 1.30 bits per heavy atom. The Morgan fingerprint density at radius 3 is 2.74 bits per heavy atom. The number of rotatable bonds is 4. The average Bonchev–Trinajstić information content (AvgIpc) is 2.91. The van der Waals surface area contributed by atoms with E-state index < -0.39 is 5.97 Å². The Bertz CT molecular complexity index is 987. The van der Waals surface area contributed by atoms with Gasteiger partial charge in [0, 0.05) is 12.6 Å². The monoisotopic (exact) mass is 402 g/mol. The van der Waals surface area contributed by atoms with Crippen molar-refractivity contribution in [3.05, 3.63) is 63.5 Å². The van der Waals surface area contributed by atoms with Gasteiger partial charge in [0.05, 0.1) is 28.3 Å². The number of carboxylic acids is 1. The van der Waals surface area contributed by atoms with Gasteiger partial charge < -0.3 is 9.84 Å². The zero-order valence-corrected chi connectivity index (χ0v) is 16.0. The van der Waals surface area contributed by atoms with Crippen molar-refractivity contribution >= 4 is 52.2 Å². The van der Waals surface area contributed by atoms with Crippen molar-refractivity contribution in [3.8, 4) is 5.75 Å². The van der Waals surface area contributed by atoms with Crippen LogP contribution in [0.4, 0.5) is 5.69 Å². The summed E-state index contributed by atoms with van der Waals surface area (Å²) in [5, 5.41) is 9.75. The number of benzene rings is 2. The Hall–Kier alpha value is -2.77. The van der Waals surface area contributed by atoms with Gasteiger partial charge in [-0.2, -0.15) is 0 Å². The molecule has 1 fully saturated rings. The molecule has 1 saturated heterocycles. The van der Waals surface area contributed by atoms with Gasteiger partial charge in [0.1, 0.15) is 5.75 Å². The van der Waals surface area contributed by atoms with E-state index in [2.05, 4.69) is 4.99 Å². The lowest BCUT2D eigenvalue weighted by molar-refractivity contribution is -0.121. The molecule has 0 radical (unpaired) electrons. The molecule has 1 aliphatic heterocycles. The molecule has 0 aromatic heterocycles. The second-order valence-electron chi connectivity index (χ2n) is 5.58. The maximum atomic E-state index is 12.5. The van der Waals surface area contributed by atoms with Gasteiger partial charge in [0.15, 0.2) is 5.17 Å². The lowest BCUT2D eigenvalue weighted by atomic mass is 10.2. The molecule has 6 nitrogen and oxygen atoms in total. The van der Waals surface area contributed by atoms with Crippen LogP contribution in [-0.4, -0.2) is 41.2 Å². The number of hydrogen-bond donors (Lipinski definition) is 1. The summed E-state index contributed by atoms with van der Waals surface area (Å²) >= 11 is 7.09. The number of para-hydroxylation sites is 1. The van der Waals surface area contributed by atoms with Crippen LogP contribution in [-0.2, 0) is 4.79 Å². The van der Waals surface area contributed by atoms with Crippen molar-refractivity contribution < 1.29 is 19.4 Å². The molecule has 1 heterocycles. The van der Waals surface area contributed by atoms with Crippen molar-refractivity contribution in [1.82, 2.24) is 4.90 Å². The lowest BCUT2D eigenvalue weighted by Gasteiger charge is -2.07. The summed E-state index contributed by atoms with van der Waals surface area (Å²) < 4.78 is 5.31. The fourth-order valence-electron chi connectivity index (χ4n) is 2.44. The molecule has 27 heavy (non-hydrogen) atoms. The largest absolute Gasteiger partial charge is 0.496 e. The van der Waals surface area contributed by atoms with Crippen LogP contribution in [0.25, 0.3) is 6.08 Å². The number of aromatic carboxylic acids is 1. The summed E-state index contributed by atoms with van der Waals surface area (Å²) in [5.74, 6) is -0.672. The first-order valence-corrected chi connectivity index (χ1v) is 9.02. The molecule has 0 saturated carbocycles. The van der Waals surface area contributed by atoms with Gasteiger partial charge in [-0.05, 0) is 42.1 Å². The highest BCUT2D eigenvalue weighted by molar-refractivity contribution is 8.18. The zero-order chi connectivity index (χ0) is 19.6. The number of halogens is 1. The minimum absolute atomic E-state index is 0.0414. The number of methoxy groups -OCH3 is 1. The molecule has 0 atom stereocenters. The molecule has 1 N–H and O–H groups in total. The summed E-state index contributed by atoms with van der Waals surface area (Å²) in [6, 6.07) is 11.8. The van der Waals surface area contributed by atoms with Crippen molar-refractivity contribution in [3.63, 3.8) is 0 Å². The van der Waals surface area contributed by atoms with E-state index in [1.807, 2.05) is 24.3 Å². The normalized spacial score (nSPS) is 17.0. The van der Waals surface area contributed by atoms with Crippen LogP contribution in [0.3, 0.4) is 0 Å². The maximum Gasteiger partial charge on any atom is 0.337 e. The number of likely N-dealkylation sites (N-methyl/N-ethyl adjacent to an activating group) is 1. The molecule has 0 bridgehead atoms. The highest BCUT2D eigenvalue weighted by atomic mass is 35.5. The molecule has 0 spiro atoms. The number of hydrogen-bond acceptors (Lipinski definition) is 5. The number of aliphatic imine (C=N–C) groups is 1. The van der Waals surface area contributed by atoms with Crippen LogP contribution in [0.1, 0.15) is 15.9 Å². The van der Waals surface area contributed by atoms with E-state index in [1.165, 1.54) is 28.8 Å². The number of amides is 1. The number of nitrogens with zero attached hydrogens (tertiary/aromatic N) is 2. The van der Waals surface area contributed by atoms with Crippen molar-refractivity contribution in [1.29, 1.82) is 0 Å². The van der Waals surface area contributed by atoms with Gasteiger partial charge >= 0.3 is 5.97 Å². The number of ether oxygens (including phenoxy) is 1. The first-order valence-electron chi connectivity index (χ1n) is 7.83. The van der Waals surface area contributed by atoms with Crippen LogP contribution in [0.15, 0.2) is 52.4 Å². The van der Waals surface area contributed by atoms with Crippen molar-refractivity contribution in [2.75, 3.05) is 14.2 Å². The van der Waals surface area contributed by atoms with Crippen LogP contribution < -0.4 is 4.74 Å². The fraction of sp³-hybridized carbons (Fsp3) is 0.105. The smallest absolute Gasteiger partial charge is 0.337 e. The van der Waals surface area contributed by atoms with Crippen LogP contribution in [0, 0.1) is 0 Å². The third-order valence-electron chi connectivity index (χ3n) is 3.83. The first-order chi connectivity index (χ1) is 12.9. The number of carbonyl (C=O) groups excluding carboxylic acids is 1. The summed E-state index contributed by atoms with van der Waals surface area (Å²) in [5.41, 5.74) is 1.14. The van der Waals surface area contributed by atoms with E-state index in [0.717, 1.165) is 5.56 Å². The molecule has 8 heteroatoms. The molecule has 2 aromatic carbocycles. The van der Waals surface area contributed by atoms with E-state index in [1.54, 1.807) is 26.3 Å². The van der Waals surface area contributed by atoms with Crippen LogP contribution in [0.5, 0.6) is 5.75 Å². The second-order valence-corrected chi connectivity index (χ2v) is 7.00. The number of carboxylic acid groups (broad SMARTS) is 1. The highest BCUT2D eigenvalue weighted by Gasteiger charge is 2.30. The minimum Gasteiger partial charge on any atom is -0.496 e. The minimum atomic E-state index is -1.14. The molecule has 0 unspecified atom stereocenters. The Kier molecular flexibility index (Phi) is 5.53. The van der Waals surface area contributed by atoms with E-state index in [0.29, 0.717) is 21.5 Å². The van der Waals surface area contributed by atoms with Gasteiger partial charge in [-0.3, -0.25) is 9.69 Å². The molecule has 3 rings (SSSR count). The van der Waals surface area contributed by atoms with Gasteiger partial charge in [-0.1, -0.05) is 29.8 Å². The van der Waals surface area contributed by atoms with Gasteiger partial charge in [-0.25, -0.2) is 9.79 Å². The van der Waals surface area contributed by atoms with E-state index >= 15 is 0 Å². The number of carbonyl (C=O) groups is 2. The predicted octanol–water partition coefficient (Wildman–Crippen LogP) is 4.28. The van der Waals surface area contributed by atoms with Crippen molar-refractivity contribution in [2.24, 2.45) is 4.99 Å². The number of amidine groups is 1. The van der Waals surface area contributed by atoms with Gasteiger partial charge in [0.25, 0.3) is 5.91 Å². The Morgan fingerprint density at radius 2 is 2.04 bits per heavy atom. The maximum absolute atomic E-state index is 12.5. The summed E-state index contributed by atoms with van der Waals surface area (Å²) in [7, 11) is 3.19. The van der Waals surface area contributed by atoms with Gasteiger partial charge in [-0.15, -0.1) is 0 Å². The summed E-state index contributed by atoms with van der Waals surface area (Å²) in [6.07, 6.45) is 1.75. The Balaban J connectivity index is 1.94. The number of thioether (sulfide) groups is 1. The first kappa shape index (κ1) is 19.0. The summed E-state index contributed by atoms with van der Waals surface area (Å²) in [4.78, 5) is 30.1. The Labute approximate surface area is 165 Å². The SMILES string of the molecule is COc1ccccc1/C=C1\SC(=Nc2ccc(Cl)c(C(=O)O)c2)N(C)C1=O. The average molecular weight is 403 g/mol. The standard InChI is InChI=1S/C19H15ClN2O4S/c1-22-17(23)16(9-11-5-3-4-6-15(11)26-2)27-19(22)21-12-7-8-14(20)13(10-12)18(24)25/h3-10H,1-2H3,(H,24,25)/b16-9-,21-19?. The fourth-order valence-corrected chi connectivity index (χ4v) is 3.61. The summed E-state index contributed by atoms with van der Waals surface area (Å²) in [6.45, 7) is 0. The van der Waals surface area contributed by atoms with E-state index in [9.17, 15) is 14.7 Å². The molecular formula is C19H15ClN2O4S. The molecule has 1 aliphatic rings. The second kappa shape index (κ2) is 7.85. The zero-order valence-electron chi connectivity index (χ0n) is 14.5. The van der Waals surface area contributed by atoms with Crippen LogP contribution in [0.2, 0.25) is 5.02 Å². The molecule has 2 aromatic rings. The molecule has 0 aliphatic carbocycles. The molecular weight excluding hydrogens is 388 g/mol. The van der Waals surface area contributed by atoms with E-state index in [-0.39, 0.29) is 16.5 Å². The third-order valence-corrected chi connectivity index (χ3v) is 5.22. The van der Waals surface area contributed by atoms with Crippen LogP contribution >= 0.6 is 23.4 Å². The lowest BCUT2D eigenvalue weighted by Crippen LogP contribution is -2.23. The molecule has 138 valence electrons. The third kappa shape index (κ3) is 3.99. The predicted molar refractivity (Wildman–Crippen MR) is 107 cm³/mol. The van der Waals surface area contributed by atoms with Crippen molar-refractivity contribution in [2.45, 2.75) is 0 Å². The van der Waals surface area contributed by atoms with Gasteiger partial charge in [0.2, 0.25) is 0 Å². The van der Waals surface area contributed by atoms with E-state index in [4.69, 9.17) is 16.3 Å². The highest BCUT2D eigenvalue weighted by Crippen LogP contribution is 2.35. The molecule has 1 amide bonds. The topological polar surface area (TPSA) is 79.2 Å².